The van der Waals surface area contributed by atoms with Gasteiger partial charge in [0, 0.05) is 49.3 Å². The van der Waals surface area contributed by atoms with Crippen molar-refractivity contribution >= 4 is 28.8 Å². The minimum absolute atomic E-state index is 0.296. The Morgan fingerprint density at radius 3 is 2.31 bits per heavy atom. The normalized spacial score (nSPS) is 14.7. The average molecular weight is 397 g/mol. The molecule has 1 aliphatic heterocycles. The van der Waals surface area contributed by atoms with Crippen LogP contribution in [0.5, 0.6) is 0 Å². The fraction of sp³-hybridized carbons (Fsp3) is 0.250. The molecular weight excluding hydrogens is 376 g/mol. The van der Waals surface area contributed by atoms with E-state index in [9.17, 15) is 8.78 Å². The van der Waals surface area contributed by atoms with Crippen LogP contribution in [0.2, 0.25) is 0 Å². The number of aromatic nitrogens is 3. The maximum atomic E-state index is 13.4. The first-order chi connectivity index (χ1) is 14.1. The molecule has 0 amide bonds. The molecule has 1 fully saturated rings. The van der Waals surface area contributed by atoms with E-state index in [2.05, 4.69) is 54.8 Å². The highest BCUT2D eigenvalue weighted by atomic mass is 19.2. The molecular formula is C20H21F2N7. The van der Waals surface area contributed by atoms with Crippen LogP contribution in [-0.2, 0) is 0 Å². The summed E-state index contributed by atoms with van der Waals surface area (Å²) < 4.78 is 26.4. The molecule has 1 saturated heterocycles. The number of anilines is 5. The Labute approximate surface area is 167 Å². The summed E-state index contributed by atoms with van der Waals surface area (Å²) in [6.45, 7) is 4.12. The van der Waals surface area contributed by atoms with Gasteiger partial charge in [0.15, 0.2) is 17.5 Å². The van der Waals surface area contributed by atoms with Crippen LogP contribution >= 0.6 is 0 Å². The molecule has 0 saturated carbocycles. The van der Waals surface area contributed by atoms with E-state index in [-0.39, 0.29) is 0 Å². The lowest BCUT2D eigenvalue weighted by Crippen LogP contribution is -2.44. The van der Waals surface area contributed by atoms with E-state index >= 15 is 0 Å². The number of nitrogens with zero attached hydrogens (tertiary/aromatic N) is 5. The van der Waals surface area contributed by atoms with Crippen molar-refractivity contribution in [3.63, 3.8) is 0 Å². The lowest BCUT2D eigenvalue weighted by atomic mass is 10.2. The minimum Gasteiger partial charge on any atom is -0.369 e. The molecule has 9 heteroatoms. The van der Waals surface area contributed by atoms with Crippen molar-refractivity contribution in [3.05, 3.63) is 60.3 Å². The summed E-state index contributed by atoms with van der Waals surface area (Å²) in [5.41, 5.74) is 2.37. The quantitative estimate of drug-likeness (QED) is 0.684. The molecule has 0 bridgehead atoms. The summed E-state index contributed by atoms with van der Waals surface area (Å²) in [7, 11) is 2.13. The molecule has 2 aromatic carbocycles. The number of halogens is 2. The highest BCUT2D eigenvalue weighted by Crippen LogP contribution is 2.22. The SMILES string of the molecule is CN1CCN(c2ccc(Nc3nncc(Nc4ccc(F)c(F)c4)n3)cc2)CC1. The number of benzene rings is 2. The molecule has 0 spiro atoms. The Morgan fingerprint density at radius 2 is 1.59 bits per heavy atom. The van der Waals surface area contributed by atoms with Crippen LogP contribution in [0, 0.1) is 11.6 Å². The molecule has 0 radical (unpaired) electrons. The number of piperazine rings is 1. The molecule has 29 heavy (non-hydrogen) atoms. The lowest BCUT2D eigenvalue weighted by molar-refractivity contribution is 0.313. The highest BCUT2D eigenvalue weighted by molar-refractivity contribution is 5.61. The van der Waals surface area contributed by atoms with Gasteiger partial charge in [-0.05, 0) is 43.4 Å². The van der Waals surface area contributed by atoms with Gasteiger partial charge in [-0.1, -0.05) is 0 Å². The van der Waals surface area contributed by atoms with Crippen LogP contribution in [0.1, 0.15) is 0 Å². The third kappa shape index (κ3) is 4.75. The Morgan fingerprint density at radius 1 is 0.862 bits per heavy atom. The molecule has 3 aromatic rings. The van der Waals surface area contributed by atoms with Crippen molar-refractivity contribution in [2.75, 3.05) is 48.8 Å². The molecule has 2 N–H and O–H groups in total. The zero-order valence-electron chi connectivity index (χ0n) is 15.9. The van der Waals surface area contributed by atoms with E-state index in [0.29, 0.717) is 17.5 Å². The van der Waals surface area contributed by atoms with E-state index in [1.165, 1.54) is 18.0 Å². The zero-order chi connectivity index (χ0) is 20.2. The van der Waals surface area contributed by atoms with Crippen molar-refractivity contribution in [2.24, 2.45) is 0 Å². The highest BCUT2D eigenvalue weighted by Gasteiger charge is 2.14. The van der Waals surface area contributed by atoms with Crippen molar-refractivity contribution in [3.8, 4) is 0 Å². The van der Waals surface area contributed by atoms with E-state index in [1.807, 2.05) is 12.1 Å². The summed E-state index contributed by atoms with van der Waals surface area (Å²) in [5, 5.41) is 13.8. The zero-order valence-corrected chi connectivity index (χ0v) is 15.9. The summed E-state index contributed by atoms with van der Waals surface area (Å²) in [4.78, 5) is 8.98. The fourth-order valence-corrected chi connectivity index (χ4v) is 3.09. The third-order valence-corrected chi connectivity index (χ3v) is 4.74. The standard InChI is InChI=1S/C20H21F2N7/c1-28-8-10-29(11-9-28)16-5-2-14(3-6-16)25-20-26-19(13-23-27-20)24-15-4-7-17(21)18(22)12-15/h2-7,12-13H,8-11H2,1H3,(H2,24,25,26,27). The molecule has 2 heterocycles. The fourth-order valence-electron chi connectivity index (χ4n) is 3.09. The van der Waals surface area contributed by atoms with Crippen molar-refractivity contribution < 1.29 is 8.78 Å². The first-order valence-corrected chi connectivity index (χ1v) is 9.29. The van der Waals surface area contributed by atoms with Gasteiger partial charge in [-0.3, -0.25) is 0 Å². The lowest BCUT2D eigenvalue weighted by Gasteiger charge is -2.34. The summed E-state index contributed by atoms with van der Waals surface area (Å²) in [6, 6.07) is 11.6. The van der Waals surface area contributed by atoms with E-state index in [4.69, 9.17) is 0 Å². The second-order valence-electron chi connectivity index (χ2n) is 6.88. The second-order valence-corrected chi connectivity index (χ2v) is 6.88. The van der Waals surface area contributed by atoms with Gasteiger partial charge >= 0.3 is 0 Å². The minimum atomic E-state index is -0.934. The van der Waals surface area contributed by atoms with E-state index < -0.39 is 11.6 Å². The number of nitrogens with one attached hydrogen (secondary N) is 2. The van der Waals surface area contributed by atoms with Gasteiger partial charge in [0.1, 0.15) is 0 Å². The van der Waals surface area contributed by atoms with Gasteiger partial charge in [0.2, 0.25) is 5.95 Å². The molecule has 0 aliphatic carbocycles. The Bertz CT molecular complexity index is 973. The molecule has 0 atom stereocenters. The molecule has 1 aromatic heterocycles. The topological polar surface area (TPSA) is 69.2 Å². The predicted octanol–water partition coefficient (Wildman–Crippen LogP) is 3.39. The Hall–Kier alpha value is -3.33. The summed E-state index contributed by atoms with van der Waals surface area (Å²) >= 11 is 0. The first-order valence-electron chi connectivity index (χ1n) is 9.29. The Kier molecular flexibility index (Phi) is 5.48. The predicted molar refractivity (Wildman–Crippen MR) is 109 cm³/mol. The number of hydrogen-bond donors (Lipinski definition) is 2. The third-order valence-electron chi connectivity index (χ3n) is 4.74. The van der Waals surface area contributed by atoms with Crippen LogP contribution < -0.4 is 15.5 Å². The maximum absolute atomic E-state index is 13.4. The average Bonchev–Trinajstić information content (AvgIpc) is 2.72. The first kappa shape index (κ1) is 19.0. The van der Waals surface area contributed by atoms with Gasteiger partial charge in [0.05, 0.1) is 6.20 Å². The van der Waals surface area contributed by atoms with Gasteiger partial charge in [0.25, 0.3) is 0 Å². The van der Waals surface area contributed by atoms with Gasteiger partial charge < -0.3 is 20.4 Å². The van der Waals surface area contributed by atoms with Crippen LogP contribution in [0.25, 0.3) is 0 Å². The monoisotopic (exact) mass is 397 g/mol. The van der Waals surface area contributed by atoms with E-state index in [1.54, 1.807) is 0 Å². The van der Waals surface area contributed by atoms with Gasteiger partial charge in [-0.15, -0.1) is 5.10 Å². The summed E-state index contributed by atoms with van der Waals surface area (Å²) in [5.74, 6) is -1.18. The summed E-state index contributed by atoms with van der Waals surface area (Å²) in [6.07, 6.45) is 1.41. The largest absolute Gasteiger partial charge is 0.369 e. The van der Waals surface area contributed by atoms with Crippen molar-refractivity contribution in [1.29, 1.82) is 0 Å². The van der Waals surface area contributed by atoms with Gasteiger partial charge in [-0.25, -0.2) is 8.78 Å². The van der Waals surface area contributed by atoms with Crippen LogP contribution in [-0.4, -0.2) is 53.3 Å². The number of hydrogen-bond acceptors (Lipinski definition) is 7. The molecule has 4 rings (SSSR count). The number of likely N-dealkylation sites (N-methyl/N-ethyl adjacent to an activating group) is 1. The van der Waals surface area contributed by atoms with Crippen LogP contribution in [0.3, 0.4) is 0 Å². The van der Waals surface area contributed by atoms with Gasteiger partial charge in [-0.2, -0.15) is 10.1 Å². The second kappa shape index (κ2) is 8.36. The van der Waals surface area contributed by atoms with Crippen molar-refractivity contribution in [2.45, 2.75) is 0 Å². The Balaban J connectivity index is 1.41. The van der Waals surface area contributed by atoms with Crippen LogP contribution in [0.15, 0.2) is 48.7 Å². The molecule has 0 unspecified atom stereocenters. The van der Waals surface area contributed by atoms with E-state index in [0.717, 1.165) is 44.0 Å². The molecule has 7 nitrogen and oxygen atoms in total. The van der Waals surface area contributed by atoms with Crippen molar-refractivity contribution in [1.82, 2.24) is 20.1 Å². The number of rotatable bonds is 5. The molecule has 150 valence electrons. The maximum Gasteiger partial charge on any atom is 0.249 e. The smallest absolute Gasteiger partial charge is 0.249 e. The molecule has 1 aliphatic rings. The van der Waals surface area contributed by atoms with Crippen LogP contribution in [0.4, 0.5) is 37.6 Å².